The highest BCUT2D eigenvalue weighted by molar-refractivity contribution is 7.15. The molecule has 172 valence electrons. The molecule has 1 aliphatic carbocycles. The average Bonchev–Trinajstić information content (AvgIpc) is 3.24. The molecule has 0 bridgehead atoms. The van der Waals surface area contributed by atoms with Crippen molar-refractivity contribution in [1.82, 2.24) is 9.88 Å². The number of nitrogens with zero attached hydrogens (tertiary/aromatic N) is 2. The number of fused-ring (bicyclic) bond motifs is 1. The lowest BCUT2D eigenvalue weighted by molar-refractivity contribution is 0.0999. The summed E-state index contributed by atoms with van der Waals surface area (Å²) in [6.45, 7) is 4.72. The number of amides is 1. The molecule has 2 fully saturated rings. The standard InChI is InChI=1S/C29H29N3OS/c1-19(32-15-4-5-16-32)26-10-11-27(34-26)20-17-24(21-8-6-14-31-25(21)18-20)29(12-13-29)23-9-3-2-7-22(23)28(30)33/h2-3,6-11,14,17-19H,4-5,12-13,15-16H2,1H3,(H2,30,33). The van der Waals surface area contributed by atoms with Crippen molar-refractivity contribution >= 4 is 28.1 Å². The van der Waals surface area contributed by atoms with Crippen LogP contribution in [0.1, 0.15) is 65.0 Å². The fraction of sp³-hybridized carbons (Fsp3) is 0.310. The number of rotatable bonds is 6. The maximum absolute atomic E-state index is 12.3. The number of hydrogen-bond donors (Lipinski definition) is 1. The summed E-state index contributed by atoms with van der Waals surface area (Å²) in [5, 5.41) is 1.16. The van der Waals surface area contributed by atoms with Gasteiger partial charge in [0, 0.05) is 38.4 Å². The number of likely N-dealkylation sites (tertiary alicyclic amines) is 1. The Kier molecular flexibility index (Phi) is 5.27. The number of pyridine rings is 1. The first-order chi connectivity index (χ1) is 16.6. The van der Waals surface area contributed by atoms with Crippen molar-refractivity contribution in [3.63, 3.8) is 0 Å². The number of nitrogens with two attached hydrogens (primary N) is 1. The Morgan fingerprint density at radius 2 is 1.82 bits per heavy atom. The third kappa shape index (κ3) is 3.55. The van der Waals surface area contributed by atoms with Crippen LogP contribution in [0.2, 0.25) is 0 Å². The molecule has 1 amide bonds. The molecule has 1 atom stereocenters. The molecule has 2 aromatic heterocycles. The largest absolute Gasteiger partial charge is 0.366 e. The number of carbonyl (C=O) groups is 1. The molecule has 1 saturated heterocycles. The number of carbonyl (C=O) groups excluding carboxylic acids is 1. The molecular weight excluding hydrogens is 438 g/mol. The summed E-state index contributed by atoms with van der Waals surface area (Å²) in [6, 6.07) is 21.6. The number of primary amides is 1. The van der Waals surface area contributed by atoms with E-state index in [-0.39, 0.29) is 11.3 Å². The van der Waals surface area contributed by atoms with Crippen LogP contribution in [0.4, 0.5) is 0 Å². The van der Waals surface area contributed by atoms with Crippen LogP contribution in [-0.4, -0.2) is 28.9 Å². The van der Waals surface area contributed by atoms with Crippen molar-refractivity contribution in [3.05, 3.63) is 88.4 Å². The Bertz CT molecular complexity index is 1380. The minimum absolute atomic E-state index is 0.189. The first-order valence-electron chi connectivity index (χ1n) is 12.2. The van der Waals surface area contributed by atoms with Crippen LogP contribution in [0.3, 0.4) is 0 Å². The smallest absolute Gasteiger partial charge is 0.249 e. The lowest BCUT2D eigenvalue weighted by atomic mass is 9.82. The van der Waals surface area contributed by atoms with E-state index in [0.29, 0.717) is 11.6 Å². The van der Waals surface area contributed by atoms with Gasteiger partial charge in [0.1, 0.15) is 0 Å². The molecule has 5 heteroatoms. The van der Waals surface area contributed by atoms with Crippen LogP contribution in [0.25, 0.3) is 21.3 Å². The SMILES string of the molecule is CC(c1ccc(-c2cc(C3(c4ccccc4C(N)=O)CC3)c3cccnc3c2)s1)N1CCCC1. The number of thiophene rings is 1. The predicted molar refractivity (Wildman–Crippen MR) is 139 cm³/mol. The zero-order valence-corrected chi connectivity index (χ0v) is 20.3. The van der Waals surface area contributed by atoms with Gasteiger partial charge in [-0.05, 0) is 98.8 Å². The molecule has 4 aromatic rings. The number of benzene rings is 2. The van der Waals surface area contributed by atoms with Crippen LogP contribution >= 0.6 is 11.3 Å². The van der Waals surface area contributed by atoms with E-state index in [9.17, 15) is 4.79 Å². The molecule has 1 aliphatic heterocycles. The number of hydrogen-bond acceptors (Lipinski definition) is 4. The van der Waals surface area contributed by atoms with E-state index in [1.807, 2.05) is 41.8 Å². The summed E-state index contributed by atoms with van der Waals surface area (Å²) in [5.74, 6) is -0.362. The Labute approximate surface area is 204 Å². The van der Waals surface area contributed by atoms with Crippen molar-refractivity contribution in [2.24, 2.45) is 5.73 Å². The Hall–Kier alpha value is -3.02. The summed E-state index contributed by atoms with van der Waals surface area (Å²) in [6.07, 6.45) is 6.48. The van der Waals surface area contributed by atoms with Gasteiger partial charge in [0.05, 0.1) is 5.52 Å². The van der Waals surface area contributed by atoms with Crippen LogP contribution in [0.5, 0.6) is 0 Å². The van der Waals surface area contributed by atoms with Gasteiger partial charge in [-0.25, -0.2) is 0 Å². The maximum atomic E-state index is 12.3. The van der Waals surface area contributed by atoms with Crippen LogP contribution < -0.4 is 5.73 Å². The summed E-state index contributed by atoms with van der Waals surface area (Å²) in [4.78, 5) is 22.3. The Morgan fingerprint density at radius 3 is 2.59 bits per heavy atom. The normalized spacial score (nSPS) is 18.3. The topological polar surface area (TPSA) is 59.2 Å². The van der Waals surface area contributed by atoms with Crippen molar-refractivity contribution in [2.45, 2.75) is 44.1 Å². The molecular formula is C29H29N3OS. The van der Waals surface area contributed by atoms with E-state index in [2.05, 4.69) is 48.2 Å². The minimum atomic E-state index is -0.362. The fourth-order valence-corrected chi connectivity index (χ4v) is 6.77. The second-order valence-electron chi connectivity index (χ2n) is 9.71. The maximum Gasteiger partial charge on any atom is 0.249 e. The summed E-state index contributed by atoms with van der Waals surface area (Å²) in [7, 11) is 0. The minimum Gasteiger partial charge on any atom is -0.366 e. The zero-order valence-electron chi connectivity index (χ0n) is 19.5. The second kappa shape index (κ2) is 8.33. The van der Waals surface area contributed by atoms with Gasteiger partial charge < -0.3 is 5.73 Å². The van der Waals surface area contributed by atoms with E-state index in [1.54, 1.807) is 0 Å². The quantitative estimate of drug-likeness (QED) is 0.362. The van der Waals surface area contributed by atoms with Crippen LogP contribution in [-0.2, 0) is 5.41 Å². The lowest BCUT2D eigenvalue weighted by Crippen LogP contribution is -2.22. The second-order valence-corrected chi connectivity index (χ2v) is 10.8. The van der Waals surface area contributed by atoms with E-state index < -0.39 is 0 Å². The van der Waals surface area contributed by atoms with Gasteiger partial charge >= 0.3 is 0 Å². The van der Waals surface area contributed by atoms with E-state index in [0.717, 1.165) is 29.3 Å². The fourth-order valence-electron chi connectivity index (χ4n) is 5.69. The first kappa shape index (κ1) is 21.5. The van der Waals surface area contributed by atoms with Crippen LogP contribution in [0.15, 0.2) is 66.9 Å². The van der Waals surface area contributed by atoms with Gasteiger partial charge in [0.2, 0.25) is 5.91 Å². The molecule has 0 radical (unpaired) electrons. The van der Waals surface area contributed by atoms with Gasteiger partial charge in [0.15, 0.2) is 0 Å². The zero-order chi connectivity index (χ0) is 23.3. The van der Waals surface area contributed by atoms with E-state index in [1.165, 1.54) is 46.8 Å². The molecule has 3 heterocycles. The molecule has 1 saturated carbocycles. The van der Waals surface area contributed by atoms with Gasteiger partial charge in [-0.15, -0.1) is 11.3 Å². The van der Waals surface area contributed by atoms with Crippen molar-refractivity contribution < 1.29 is 4.79 Å². The average molecular weight is 468 g/mol. The molecule has 0 spiro atoms. The van der Waals surface area contributed by atoms with Crippen molar-refractivity contribution in [2.75, 3.05) is 13.1 Å². The van der Waals surface area contributed by atoms with Gasteiger partial charge in [-0.1, -0.05) is 24.3 Å². The van der Waals surface area contributed by atoms with Gasteiger partial charge in [-0.2, -0.15) is 0 Å². The first-order valence-corrected chi connectivity index (χ1v) is 13.0. The molecule has 4 nitrogen and oxygen atoms in total. The molecule has 2 aliphatic rings. The molecule has 1 unspecified atom stereocenters. The van der Waals surface area contributed by atoms with Crippen molar-refractivity contribution in [1.29, 1.82) is 0 Å². The number of aromatic nitrogens is 1. The molecule has 2 N–H and O–H groups in total. The predicted octanol–water partition coefficient (Wildman–Crippen LogP) is 6.30. The van der Waals surface area contributed by atoms with Gasteiger partial charge in [0.25, 0.3) is 0 Å². The van der Waals surface area contributed by atoms with E-state index >= 15 is 0 Å². The monoisotopic (exact) mass is 467 g/mol. The molecule has 6 rings (SSSR count). The summed E-state index contributed by atoms with van der Waals surface area (Å²) < 4.78 is 0. The van der Waals surface area contributed by atoms with Gasteiger partial charge in [-0.3, -0.25) is 14.7 Å². The highest BCUT2D eigenvalue weighted by Gasteiger charge is 2.48. The summed E-state index contributed by atoms with van der Waals surface area (Å²) >= 11 is 1.89. The molecule has 2 aromatic carbocycles. The Balaban J connectivity index is 1.47. The van der Waals surface area contributed by atoms with Crippen molar-refractivity contribution in [3.8, 4) is 10.4 Å². The summed E-state index contributed by atoms with van der Waals surface area (Å²) in [5.41, 5.74) is 10.7. The highest BCUT2D eigenvalue weighted by Crippen LogP contribution is 2.56. The third-order valence-corrected chi connectivity index (χ3v) is 9.01. The third-order valence-electron chi connectivity index (χ3n) is 7.71. The molecule has 34 heavy (non-hydrogen) atoms. The van der Waals surface area contributed by atoms with E-state index in [4.69, 9.17) is 10.7 Å². The Morgan fingerprint density at radius 1 is 1.03 bits per heavy atom. The lowest BCUT2D eigenvalue weighted by Gasteiger charge is -2.22. The van der Waals surface area contributed by atoms with Crippen LogP contribution in [0, 0.1) is 0 Å². The highest BCUT2D eigenvalue weighted by atomic mass is 32.1.